The van der Waals surface area contributed by atoms with Gasteiger partial charge in [0.15, 0.2) is 0 Å². The van der Waals surface area contributed by atoms with Crippen LogP contribution in [0, 0.1) is 5.41 Å². The molecule has 1 aromatic heterocycles. The van der Waals surface area contributed by atoms with E-state index in [4.69, 9.17) is 4.74 Å². The number of nitrogens with zero attached hydrogens (tertiary/aromatic N) is 3. The summed E-state index contributed by atoms with van der Waals surface area (Å²) in [6.07, 6.45) is 7.79. The maximum absolute atomic E-state index is 12.1. The van der Waals surface area contributed by atoms with Gasteiger partial charge in [-0.1, -0.05) is 0 Å². The van der Waals surface area contributed by atoms with Crippen molar-refractivity contribution in [1.29, 1.82) is 0 Å². The molecule has 0 saturated carbocycles. The minimum Gasteiger partial charge on any atom is -0.383 e. The van der Waals surface area contributed by atoms with Crippen LogP contribution in [0.15, 0.2) is 24.5 Å². The van der Waals surface area contributed by atoms with Crippen molar-refractivity contribution in [3.05, 3.63) is 24.5 Å². The first-order valence-corrected chi connectivity index (χ1v) is 8.14. The maximum atomic E-state index is 12.1. The SMILES string of the molecule is COCCN1C[C@@]2(CCCN(c3ccncc3)C2)CCC1=O. The summed E-state index contributed by atoms with van der Waals surface area (Å²) in [6, 6.07) is 4.16. The highest BCUT2D eigenvalue weighted by atomic mass is 16.5. The molecule has 3 rings (SSSR count). The number of aromatic nitrogens is 1. The first kappa shape index (κ1) is 15.3. The highest BCUT2D eigenvalue weighted by Crippen LogP contribution is 2.40. The number of carbonyl (C=O) groups is 1. The van der Waals surface area contributed by atoms with Crippen molar-refractivity contribution < 1.29 is 9.53 Å². The molecule has 0 aromatic carbocycles. The van der Waals surface area contributed by atoms with Gasteiger partial charge in [-0.25, -0.2) is 0 Å². The minimum atomic E-state index is 0.239. The van der Waals surface area contributed by atoms with Gasteiger partial charge in [0.1, 0.15) is 0 Å². The molecule has 2 fully saturated rings. The fraction of sp³-hybridized carbons (Fsp3) is 0.647. The van der Waals surface area contributed by atoms with Crippen LogP contribution in [0.3, 0.4) is 0 Å². The van der Waals surface area contributed by atoms with E-state index >= 15 is 0 Å². The average molecular weight is 303 g/mol. The molecule has 0 unspecified atom stereocenters. The van der Waals surface area contributed by atoms with Gasteiger partial charge in [-0.15, -0.1) is 0 Å². The van der Waals surface area contributed by atoms with Gasteiger partial charge in [0, 0.05) is 63.2 Å². The van der Waals surface area contributed by atoms with Crippen molar-refractivity contribution in [2.24, 2.45) is 5.41 Å². The van der Waals surface area contributed by atoms with Crippen LogP contribution < -0.4 is 4.90 Å². The molecule has 5 heteroatoms. The van der Waals surface area contributed by atoms with E-state index < -0.39 is 0 Å². The minimum absolute atomic E-state index is 0.239. The third kappa shape index (κ3) is 3.24. The summed E-state index contributed by atoms with van der Waals surface area (Å²) < 4.78 is 5.15. The third-order valence-corrected chi connectivity index (χ3v) is 5.00. The van der Waals surface area contributed by atoms with Gasteiger partial charge in [-0.3, -0.25) is 9.78 Å². The molecule has 120 valence electrons. The molecule has 2 aliphatic rings. The zero-order valence-electron chi connectivity index (χ0n) is 13.3. The second-order valence-electron chi connectivity index (χ2n) is 6.54. The Balaban J connectivity index is 1.71. The summed E-state index contributed by atoms with van der Waals surface area (Å²) in [5.41, 5.74) is 1.48. The second-order valence-corrected chi connectivity index (χ2v) is 6.54. The van der Waals surface area contributed by atoms with Crippen molar-refractivity contribution in [2.45, 2.75) is 25.7 Å². The molecule has 1 spiro atoms. The molecule has 2 aliphatic heterocycles. The van der Waals surface area contributed by atoms with E-state index in [2.05, 4.69) is 22.0 Å². The molecule has 0 aliphatic carbocycles. The lowest BCUT2D eigenvalue weighted by atomic mass is 9.73. The standard InChI is InChI=1S/C17H25N3O2/c1-22-12-11-20-14-17(7-3-16(20)21)6-2-10-19(13-17)15-4-8-18-9-5-15/h4-5,8-9H,2-3,6-7,10-14H2,1H3/t17-/m0/s1. The summed E-state index contributed by atoms with van der Waals surface area (Å²) >= 11 is 0. The molecule has 0 N–H and O–H groups in total. The molecule has 5 nitrogen and oxygen atoms in total. The van der Waals surface area contributed by atoms with Crippen molar-refractivity contribution in [1.82, 2.24) is 9.88 Å². The topological polar surface area (TPSA) is 45.7 Å². The van der Waals surface area contributed by atoms with Crippen LogP contribution in [-0.4, -0.2) is 55.7 Å². The lowest BCUT2D eigenvalue weighted by Crippen LogP contribution is -2.54. The van der Waals surface area contributed by atoms with E-state index in [0.29, 0.717) is 19.6 Å². The Kier molecular flexibility index (Phi) is 4.62. The number of hydrogen-bond donors (Lipinski definition) is 0. The Morgan fingerprint density at radius 1 is 1.27 bits per heavy atom. The number of pyridine rings is 1. The lowest BCUT2D eigenvalue weighted by molar-refractivity contribution is -0.138. The molecule has 3 heterocycles. The van der Waals surface area contributed by atoms with Crippen LogP contribution in [0.4, 0.5) is 5.69 Å². The fourth-order valence-electron chi connectivity index (χ4n) is 3.82. The zero-order valence-corrected chi connectivity index (χ0v) is 13.3. The molecule has 1 atom stereocenters. The fourth-order valence-corrected chi connectivity index (χ4v) is 3.82. The molecule has 0 radical (unpaired) electrons. The molecule has 2 saturated heterocycles. The van der Waals surface area contributed by atoms with E-state index in [-0.39, 0.29) is 11.3 Å². The van der Waals surface area contributed by atoms with E-state index in [1.165, 1.54) is 18.5 Å². The Bertz CT molecular complexity index is 508. The summed E-state index contributed by atoms with van der Waals surface area (Å²) in [7, 11) is 1.69. The first-order chi connectivity index (χ1) is 10.7. The van der Waals surface area contributed by atoms with E-state index in [9.17, 15) is 4.79 Å². The van der Waals surface area contributed by atoms with Gasteiger partial charge in [0.25, 0.3) is 0 Å². The number of carbonyl (C=O) groups excluding carboxylic acids is 1. The number of anilines is 1. The number of hydrogen-bond acceptors (Lipinski definition) is 4. The highest BCUT2D eigenvalue weighted by Gasteiger charge is 2.41. The van der Waals surface area contributed by atoms with Crippen molar-refractivity contribution in [2.75, 3.05) is 44.8 Å². The number of rotatable bonds is 4. The summed E-state index contributed by atoms with van der Waals surface area (Å²) in [5.74, 6) is 0.281. The Morgan fingerprint density at radius 2 is 2.09 bits per heavy atom. The normalized spacial score (nSPS) is 25.8. The van der Waals surface area contributed by atoms with Gasteiger partial charge < -0.3 is 14.5 Å². The monoisotopic (exact) mass is 303 g/mol. The Morgan fingerprint density at radius 3 is 2.86 bits per heavy atom. The third-order valence-electron chi connectivity index (χ3n) is 5.00. The lowest BCUT2D eigenvalue weighted by Gasteiger charge is -2.48. The van der Waals surface area contributed by atoms with Crippen molar-refractivity contribution >= 4 is 11.6 Å². The first-order valence-electron chi connectivity index (χ1n) is 8.14. The predicted molar refractivity (Wildman–Crippen MR) is 85.8 cm³/mol. The summed E-state index contributed by atoms with van der Waals surface area (Å²) in [4.78, 5) is 20.7. The highest BCUT2D eigenvalue weighted by molar-refractivity contribution is 5.77. The van der Waals surface area contributed by atoms with Crippen molar-refractivity contribution in [3.8, 4) is 0 Å². The molecule has 1 amide bonds. The maximum Gasteiger partial charge on any atom is 0.222 e. The summed E-state index contributed by atoms with van der Waals surface area (Å²) in [5, 5.41) is 0. The Labute approximate surface area is 132 Å². The van der Waals surface area contributed by atoms with E-state index in [1.807, 2.05) is 17.3 Å². The van der Waals surface area contributed by atoms with Crippen LogP contribution in [-0.2, 0) is 9.53 Å². The summed E-state index contributed by atoms with van der Waals surface area (Å²) in [6.45, 7) is 4.34. The smallest absolute Gasteiger partial charge is 0.222 e. The van der Waals surface area contributed by atoms with Crippen LogP contribution in [0.5, 0.6) is 0 Å². The van der Waals surface area contributed by atoms with Crippen molar-refractivity contribution in [3.63, 3.8) is 0 Å². The number of methoxy groups -OCH3 is 1. The molecular weight excluding hydrogens is 278 g/mol. The number of piperidine rings is 2. The van der Waals surface area contributed by atoms with E-state index in [1.54, 1.807) is 7.11 Å². The van der Waals surface area contributed by atoms with Crippen LogP contribution in [0.25, 0.3) is 0 Å². The van der Waals surface area contributed by atoms with Crippen LogP contribution >= 0.6 is 0 Å². The second kappa shape index (κ2) is 6.65. The zero-order chi connectivity index (χ0) is 15.4. The molecule has 0 bridgehead atoms. The quantitative estimate of drug-likeness (QED) is 0.853. The van der Waals surface area contributed by atoms with E-state index in [0.717, 1.165) is 26.1 Å². The number of ether oxygens (including phenoxy) is 1. The van der Waals surface area contributed by atoms with Gasteiger partial charge in [0.05, 0.1) is 6.61 Å². The number of amides is 1. The average Bonchev–Trinajstić information content (AvgIpc) is 2.57. The van der Waals surface area contributed by atoms with Gasteiger partial charge in [0.2, 0.25) is 5.91 Å². The largest absolute Gasteiger partial charge is 0.383 e. The van der Waals surface area contributed by atoms with Gasteiger partial charge >= 0.3 is 0 Å². The predicted octanol–water partition coefficient (Wildman–Crippen LogP) is 1.94. The molecular formula is C17H25N3O2. The van der Waals surface area contributed by atoms with Crippen LogP contribution in [0.2, 0.25) is 0 Å². The van der Waals surface area contributed by atoms with Gasteiger partial charge in [-0.2, -0.15) is 0 Å². The Hall–Kier alpha value is -1.62. The van der Waals surface area contributed by atoms with Gasteiger partial charge in [-0.05, 0) is 31.4 Å². The number of likely N-dealkylation sites (tertiary alicyclic amines) is 1. The molecule has 1 aromatic rings. The molecule has 22 heavy (non-hydrogen) atoms. The van der Waals surface area contributed by atoms with Crippen LogP contribution in [0.1, 0.15) is 25.7 Å².